The molecular weight excluding hydrogens is 310 g/mol. The highest BCUT2D eigenvalue weighted by Gasteiger charge is 2.09. The fourth-order valence-corrected chi connectivity index (χ4v) is 2.37. The Morgan fingerprint density at radius 2 is 1.73 bits per heavy atom. The van der Waals surface area contributed by atoms with Crippen LogP contribution in [0.3, 0.4) is 0 Å². The van der Waals surface area contributed by atoms with Crippen molar-refractivity contribution in [2.45, 2.75) is 6.42 Å². The van der Waals surface area contributed by atoms with E-state index in [4.69, 9.17) is 0 Å². The lowest BCUT2D eigenvalue weighted by Gasteiger charge is -2.06. The molecule has 0 aliphatic rings. The maximum absolute atomic E-state index is 13.0. The number of carbonyl (C=O) groups excluding carboxylic acids is 2. The Morgan fingerprint density at radius 1 is 1.00 bits per heavy atom. The second kappa shape index (κ2) is 7.65. The minimum absolute atomic E-state index is 0.0570. The zero-order valence-electron chi connectivity index (χ0n) is 11.6. The van der Waals surface area contributed by atoms with Gasteiger partial charge in [0.25, 0.3) is 11.8 Å². The first-order valence-corrected chi connectivity index (χ1v) is 7.51. The molecule has 7 heteroatoms. The molecule has 1 heterocycles. The van der Waals surface area contributed by atoms with E-state index in [0.29, 0.717) is 24.4 Å². The van der Waals surface area contributed by atoms with E-state index in [0.717, 1.165) is 12.1 Å². The summed E-state index contributed by atoms with van der Waals surface area (Å²) >= 11 is 1.35. The van der Waals surface area contributed by atoms with E-state index in [2.05, 4.69) is 10.6 Å². The van der Waals surface area contributed by atoms with Crippen molar-refractivity contribution >= 4 is 23.2 Å². The van der Waals surface area contributed by atoms with Gasteiger partial charge in [0.15, 0.2) is 11.6 Å². The zero-order chi connectivity index (χ0) is 15.9. The topological polar surface area (TPSA) is 58.2 Å². The summed E-state index contributed by atoms with van der Waals surface area (Å²) in [6.45, 7) is 0.733. The van der Waals surface area contributed by atoms with Crippen molar-refractivity contribution in [2.24, 2.45) is 0 Å². The fourth-order valence-electron chi connectivity index (χ4n) is 1.73. The molecule has 0 fully saturated rings. The zero-order valence-corrected chi connectivity index (χ0v) is 12.4. The monoisotopic (exact) mass is 324 g/mol. The Morgan fingerprint density at radius 3 is 2.36 bits per heavy atom. The molecule has 0 saturated carbocycles. The first kappa shape index (κ1) is 16.1. The van der Waals surface area contributed by atoms with Gasteiger partial charge in [-0.1, -0.05) is 6.07 Å². The number of hydrogen-bond donors (Lipinski definition) is 2. The highest BCUT2D eigenvalue weighted by molar-refractivity contribution is 7.12. The van der Waals surface area contributed by atoms with Crippen LogP contribution >= 0.6 is 11.3 Å². The quantitative estimate of drug-likeness (QED) is 0.803. The Bertz CT molecular complexity index is 660. The van der Waals surface area contributed by atoms with Gasteiger partial charge in [-0.25, -0.2) is 8.78 Å². The molecule has 2 N–H and O–H groups in total. The van der Waals surface area contributed by atoms with Crippen LogP contribution in [0.15, 0.2) is 35.7 Å². The molecule has 0 spiro atoms. The van der Waals surface area contributed by atoms with Crippen LogP contribution in [0.4, 0.5) is 8.78 Å². The third kappa shape index (κ3) is 4.36. The summed E-state index contributed by atoms with van der Waals surface area (Å²) in [6.07, 6.45) is 0.534. The van der Waals surface area contributed by atoms with E-state index in [-0.39, 0.29) is 11.5 Å². The summed E-state index contributed by atoms with van der Waals surface area (Å²) in [7, 11) is 0. The minimum Gasteiger partial charge on any atom is -0.352 e. The summed E-state index contributed by atoms with van der Waals surface area (Å²) in [5.74, 6) is -2.69. The van der Waals surface area contributed by atoms with Crippen LogP contribution in [-0.4, -0.2) is 24.9 Å². The molecule has 0 aliphatic carbocycles. The number of hydrogen-bond acceptors (Lipinski definition) is 3. The van der Waals surface area contributed by atoms with Gasteiger partial charge in [0.05, 0.1) is 4.88 Å². The number of benzene rings is 1. The van der Waals surface area contributed by atoms with Crippen LogP contribution in [0.25, 0.3) is 0 Å². The van der Waals surface area contributed by atoms with Crippen LogP contribution in [0.1, 0.15) is 26.5 Å². The van der Waals surface area contributed by atoms with Gasteiger partial charge in [0, 0.05) is 18.7 Å². The average Bonchev–Trinajstić information content (AvgIpc) is 3.03. The van der Waals surface area contributed by atoms with Crippen molar-refractivity contribution in [3.63, 3.8) is 0 Å². The number of halogens is 2. The van der Waals surface area contributed by atoms with Gasteiger partial charge < -0.3 is 10.6 Å². The minimum atomic E-state index is -1.06. The van der Waals surface area contributed by atoms with Gasteiger partial charge in [-0.2, -0.15) is 0 Å². The molecule has 2 amide bonds. The van der Waals surface area contributed by atoms with Gasteiger partial charge in [-0.3, -0.25) is 9.59 Å². The normalized spacial score (nSPS) is 10.3. The van der Waals surface area contributed by atoms with Crippen LogP contribution in [0.2, 0.25) is 0 Å². The van der Waals surface area contributed by atoms with Crippen LogP contribution in [0, 0.1) is 11.6 Å². The molecule has 2 rings (SSSR count). The molecule has 0 aliphatic heterocycles. The van der Waals surface area contributed by atoms with Gasteiger partial charge in [0.1, 0.15) is 0 Å². The van der Waals surface area contributed by atoms with Gasteiger partial charge >= 0.3 is 0 Å². The lowest BCUT2D eigenvalue weighted by molar-refractivity contribution is 0.0952. The SMILES string of the molecule is O=C(NCCCNC(=O)c1cccs1)c1ccc(F)c(F)c1. The molecule has 0 radical (unpaired) electrons. The largest absolute Gasteiger partial charge is 0.352 e. The summed E-state index contributed by atoms with van der Waals surface area (Å²) in [6, 6.07) is 6.49. The Balaban J connectivity index is 1.69. The van der Waals surface area contributed by atoms with Gasteiger partial charge in [0.2, 0.25) is 0 Å². The number of carbonyl (C=O) groups is 2. The summed E-state index contributed by atoms with van der Waals surface area (Å²) < 4.78 is 25.8. The van der Waals surface area contributed by atoms with E-state index in [1.807, 2.05) is 5.38 Å². The molecule has 4 nitrogen and oxygen atoms in total. The molecule has 0 atom stereocenters. The molecule has 22 heavy (non-hydrogen) atoms. The third-order valence-corrected chi connectivity index (χ3v) is 3.72. The number of nitrogens with one attached hydrogen (secondary N) is 2. The third-order valence-electron chi connectivity index (χ3n) is 2.85. The first-order chi connectivity index (χ1) is 10.6. The molecular formula is C15H14F2N2O2S. The number of amides is 2. The predicted octanol–water partition coefficient (Wildman–Crippen LogP) is 2.58. The van der Waals surface area contributed by atoms with Crippen LogP contribution in [0.5, 0.6) is 0 Å². The average molecular weight is 324 g/mol. The van der Waals surface area contributed by atoms with Crippen LogP contribution < -0.4 is 10.6 Å². The van der Waals surface area contributed by atoms with Gasteiger partial charge in [-0.15, -0.1) is 11.3 Å². The Labute approximate surface area is 130 Å². The maximum atomic E-state index is 13.0. The van der Waals surface area contributed by atoms with Crippen molar-refractivity contribution < 1.29 is 18.4 Å². The second-order valence-corrected chi connectivity index (χ2v) is 5.42. The smallest absolute Gasteiger partial charge is 0.261 e. The van der Waals surface area contributed by atoms with Crippen molar-refractivity contribution in [3.8, 4) is 0 Å². The number of thiophene rings is 1. The predicted molar refractivity (Wildman–Crippen MR) is 80.0 cm³/mol. The molecule has 116 valence electrons. The summed E-state index contributed by atoms with van der Waals surface area (Å²) in [5.41, 5.74) is 0.0570. The summed E-state index contributed by atoms with van der Waals surface area (Å²) in [4.78, 5) is 24.0. The molecule has 0 bridgehead atoms. The van der Waals surface area contributed by atoms with E-state index in [1.54, 1.807) is 12.1 Å². The van der Waals surface area contributed by atoms with Crippen LogP contribution in [-0.2, 0) is 0 Å². The van der Waals surface area contributed by atoms with Crippen molar-refractivity contribution in [1.29, 1.82) is 0 Å². The maximum Gasteiger partial charge on any atom is 0.261 e. The van der Waals surface area contributed by atoms with E-state index in [9.17, 15) is 18.4 Å². The highest BCUT2D eigenvalue weighted by Crippen LogP contribution is 2.09. The Kier molecular flexibility index (Phi) is 5.60. The second-order valence-electron chi connectivity index (χ2n) is 4.47. The molecule has 0 unspecified atom stereocenters. The van der Waals surface area contributed by atoms with E-state index >= 15 is 0 Å². The van der Waals surface area contributed by atoms with Gasteiger partial charge in [-0.05, 0) is 36.1 Å². The fraction of sp³-hybridized carbons (Fsp3) is 0.200. The van der Waals surface area contributed by atoms with E-state index in [1.165, 1.54) is 17.4 Å². The molecule has 0 saturated heterocycles. The lowest BCUT2D eigenvalue weighted by Crippen LogP contribution is -2.29. The lowest BCUT2D eigenvalue weighted by atomic mass is 10.2. The molecule has 1 aromatic heterocycles. The van der Waals surface area contributed by atoms with Crippen molar-refractivity contribution in [2.75, 3.05) is 13.1 Å². The first-order valence-electron chi connectivity index (χ1n) is 6.63. The van der Waals surface area contributed by atoms with Crippen molar-refractivity contribution in [3.05, 3.63) is 57.8 Å². The number of rotatable bonds is 6. The highest BCUT2D eigenvalue weighted by atomic mass is 32.1. The summed E-state index contributed by atoms with van der Waals surface area (Å²) in [5, 5.41) is 7.12. The molecule has 2 aromatic rings. The van der Waals surface area contributed by atoms with E-state index < -0.39 is 17.5 Å². The Hall–Kier alpha value is -2.28. The molecule has 1 aromatic carbocycles. The standard InChI is InChI=1S/C15H14F2N2O2S/c16-11-5-4-10(9-12(11)17)14(20)18-6-2-7-19-15(21)13-3-1-8-22-13/h1,3-5,8-9H,2,6-7H2,(H,18,20)(H,19,21). The van der Waals surface area contributed by atoms with Crippen molar-refractivity contribution in [1.82, 2.24) is 10.6 Å².